The van der Waals surface area contributed by atoms with Crippen LogP contribution >= 0.6 is 0 Å². The van der Waals surface area contributed by atoms with E-state index in [1.807, 2.05) is 6.21 Å². The predicted molar refractivity (Wildman–Crippen MR) is 309 cm³/mol. The van der Waals surface area contributed by atoms with Crippen LogP contribution in [0.25, 0.3) is 0 Å². The molecular formula is C65H94N2O8Pd. The van der Waals surface area contributed by atoms with Crippen LogP contribution < -0.4 is 10.2 Å². The second-order valence-electron chi connectivity index (χ2n) is 20.2. The number of hydrogen-bond acceptors (Lipinski definition) is 10. The fraction of sp³-hybridized carbons (Fsp3) is 0.538. The minimum absolute atomic E-state index is 0. The fourth-order valence-corrected chi connectivity index (χ4v) is 8.89. The predicted octanol–water partition coefficient (Wildman–Crippen LogP) is 16.2. The molecule has 422 valence electrons. The number of carboxylic acids is 2. The zero-order chi connectivity index (χ0) is 55.2. The number of hydrogen-bond donors (Lipinski definition) is 4. The summed E-state index contributed by atoms with van der Waals surface area (Å²) in [5.74, 6) is -5.11. The summed E-state index contributed by atoms with van der Waals surface area (Å²) in [5, 5.41) is 57.6. The number of aryl methyl sites for hydroxylation is 6. The van der Waals surface area contributed by atoms with Gasteiger partial charge in [-0.25, -0.2) is 4.99 Å². The average molecular weight is 1140 g/mol. The molecule has 0 bridgehead atoms. The summed E-state index contributed by atoms with van der Waals surface area (Å²) in [4.78, 5) is 30.8. The average Bonchev–Trinajstić information content (AvgIpc) is 3.39. The van der Waals surface area contributed by atoms with Crippen molar-refractivity contribution in [3.05, 3.63) is 117 Å². The first-order chi connectivity index (χ1) is 36.1. The van der Waals surface area contributed by atoms with Crippen LogP contribution in [-0.4, -0.2) is 44.3 Å². The van der Waals surface area contributed by atoms with Crippen molar-refractivity contribution in [3.63, 3.8) is 0 Å². The Morgan fingerprint density at radius 2 is 0.803 bits per heavy atom. The third-order valence-corrected chi connectivity index (χ3v) is 14.0. The molecule has 0 saturated carbocycles. The molecule has 0 radical (unpaired) electrons. The molecule has 0 amide bonds. The van der Waals surface area contributed by atoms with E-state index in [1.165, 1.54) is 207 Å². The molecule has 0 atom stereocenters. The first-order valence-corrected chi connectivity index (χ1v) is 28.6. The summed E-state index contributed by atoms with van der Waals surface area (Å²) in [6.07, 6.45) is 44.2. The number of rotatable bonds is 34. The molecule has 4 aromatic rings. The maximum atomic E-state index is 10.6. The number of carbonyl (C=O) groups is 2. The minimum Gasteiger partial charge on any atom is -0.545 e. The maximum Gasteiger partial charge on any atom is 2.00 e. The van der Waals surface area contributed by atoms with Crippen LogP contribution in [0.2, 0.25) is 0 Å². The van der Waals surface area contributed by atoms with Crippen LogP contribution in [0.15, 0.2) is 82.8 Å². The molecule has 4 aromatic carbocycles. The molecule has 0 spiro atoms. The number of aliphatic imine (C=N–C) groups is 2. The summed E-state index contributed by atoms with van der Waals surface area (Å²) in [5.41, 5.74) is 8.21. The Kier molecular flexibility index (Phi) is 37.9. The van der Waals surface area contributed by atoms with E-state index in [2.05, 4.69) is 83.2 Å². The van der Waals surface area contributed by atoms with Crippen molar-refractivity contribution in [2.45, 2.75) is 228 Å². The molecule has 0 fully saturated rings. The Morgan fingerprint density at radius 1 is 0.461 bits per heavy atom. The van der Waals surface area contributed by atoms with Gasteiger partial charge in [-0.15, -0.1) is 0 Å². The molecular weight excluding hydrogens is 1040 g/mol. The number of phenols is 4. The zero-order valence-corrected chi connectivity index (χ0v) is 49.0. The number of nitrogens with zero attached hydrogens (tertiary/aromatic N) is 2. The molecule has 0 unspecified atom stereocenters. The van der Waals surface area contributed by atoms with Crippen molar-refractivity contribution in [3.8, 4) is 23.0 Å². The van der Waals surface area contributed by atoms with E-state index in [9.17, 15) is 30.0 Å². The van der Waals surface area contributed by atoms with Crippen LogP contribution in [0.5, 0.6) is 23.0 Å². The van der Waals surface area contributed by atoms with Crippen molar-refractivity contribution in [2.75, 3.05) is 0 Å². The van der Waals surface area contributed by atoms with Gasteiger partial charge >= 0.3 is 20.4 Å². The van der Waals surface area contributed by atoms with Crippen LogP contribution in [0.3, 0.4) is 0 Å². The zero-order valence-electron chi connectivity index (χ0n) is 47.4. The molecule has 4 rings (SSSR count). The van der Waals surface area contributed by atoms with E-state index in [-0.39, 0.29) is 31.5 Å². The minimum atomic E-state index is -1.48. The van der Waals surface area contributed by atoms with Crippen LogP contribution in [0.1, 0.15) is 242 Å². The molecule has 76 heavy (non-hydrogen) atoms. The second-order valence-corrected chi connectivity index (χ2v) is 20.2. The van der Waals surface area contributed by atoms with E-state index >= 15 is 0 Å². The van der Waals surface area contributed by atoms with Gasteiger partial charge in [-0.2, -0.15) is 0 Å². The molecule has 4 N–H and O–H groups in total. The number of carboxylic acid groups (broad SMARTS) is 2. The van der Waals surface area contributed by atoms with Gasteiger partial charge in [0, 0.05) is 11.1 Å². The Hall–Kier alpha value is -5.24. The molecule has 0 aliphatic heterocycles. The standard InChI is InChI=1S/C47H76N2.2C9H10O4.Pd/c1-6-7-8-9-10-11-12-13-14-15-16-17-18-19-20-21-22-23-24-25-26-27-28-29-30-31-32-33-47(49-46-37-35-42(3)44(5)39-46)40-48-45-36-34-41(2)43(4)38-45;2*1-2-5-3-4-6(10)8(11)7(5)9(12)13;/h32-40H,6-31H2,1-5H3;2*3-4,10-11H,2H2,1H3,(H,12,13);/q;;;+2/p-2. The van der Waals surface area contributed by atoms with Gasteiger partial charge in [0.2, 0.25) is 0 Å². The topological polar surface area (TPSA) is 186 Å². The van der Waals surface area contributed by atoms with E-state index in [4.69, 9.17) is 20.2 Å². The number of aromatic carboxylic acids is 2. The Balaban J connectivity index is 0.000000861. The largest absolute Gasteiger partial charge is 2.00 e. The number of phenolic OH excluding ortho intramolecular Hbond substituents is 2. The van der Waals surface area contributed by atoms with Crippen LogP contribution in [0, 0.1) is 27.7 Å². The molecule has 11 heteroatoms. The van der Waals surface area contributed by atoms with Gasteiger partial charge in [0.25, 0.3) is 0 Å². The van der Waals surface area contributed by atoms with Gasteiger partial charge in [-0.3, -0.25) is 4.99 Å². The first-order valence-electron chi connectivity index (χ1n) is 28.6. The summed E-state index contributed by atoms with van der Waals surface area (Å²) in [6, 6.07) is 18.2. The molecule has 0 aliphatic carbocycles. The quantitative estimate of drug-likeness (QED) is 0.0154. The summed E-state index contributed by atoms with van der Waals surface area (Å²) < 4.78 is 0. The number of benzene rings is 4. The van der Waals surface area contributed by atoms with Gasteiger partial charge in [0.05, 0.1) is 35.2 Å². The van der Waals surface area contributed by atoms with E-state index in [0.29, 0.717) is 24.0 Å². The fourth-order valence-electron chi connectivity index (χ4n) is 8.89. The molecule has 0 aliphatic rings. The smallest absolute Gasteiger partial charge is 0.545 e. The Labute approximate surface area is 472 Å². The van der Waals surface area contributed by atoms with Crippen LogP contribution in [0.4, 0.5) is 11.4 Å². The van der Waals surface area contributed by atoms with Crippen molar-refractivity contribution < 1.29 is 60.7 Å². The summed E-state index contributed by atoms with van der Waals surface area (Å²) >= 11 is 0. The summed E-state index contributed by atoms with van der Waals surface area (Å²) in [6.45, 7) is 14.4. The SMILES string of the molecule is CCCCCCCCCCCCCCCCCCCCCCCCCCCC=CC(C=Nc1ccc(C)c(C)c1)=Nc1ccc(C)c(C)c1.CCc1ccc(O)c(O)c1C(=O)[O-].CCc1ccc(O)c(O)c1C(=O)[O-].[Pd+2]. The Morgan fingerprint density at radius 3 is 1.14 bits per heavy atom. The summed E-state index contributed by atoms with van der Waals surface area (Å²) in [7, 11) is 0. The van der Waals surface area contributed by atoms with Gasteiger partial charge in [-0.1, -0.05) is 205 Å². The molecule has 0 heterocycles. The molecule has 10 nitrogen and oxygen atoms in total. The normalized spacial score (nSPS) is 11.3. The molecule has 0 saturated heterocycles. The van der Waals surface area contributed by atoms with E-state index in [1.54, 1.807) is 13.8 Å². The van der Waals surface area contributed by atoms with Crippen molar-refractivity contribution in [2.24, 2.45) is 9.98 Å². The number of unbranched alkanes of at least 4 members (excludes halogenated alkanes) is 25. The van der Waals surface area contributed by atoms with Crippen molar-refractivity contribution in [1.29, 1.82) is 0 Å². The van der Waals surface area contributed by atoms with E-state index < -0.39 is 34.9 Å². The van der Waals surface area contributed by atoms with Gasteiger partial charge < -0.3 is 40.2 Å². The van der Waals surface area contributed by atoms with E-state index in [0.717, 1.165) is 23.5 Å². The van der Waals surface area contributed by atoms with Gasteiger partial charge in [-0.05, 0) is 129 Å². The monoisotopic (exact) mass is 1140 g/mol. The van der Waals surface area contributed by atoms with Crippen molar-refractivity contribution in [1.82, 2.24) is 0 Å². The van der Waals surface area contributed by atoms with Gasteiger partial charge in [0.1, 0.15) is 0 Å². The second kappa shape index (κ2) is 41.9. The maximum absolute atomic E-state index is 10.6. The van der Waals surface area contributed by atoms with Crippen molar-refractivity contribution >= 4 is 35.2 Å². The first kappa shape index (κ1) is 68.8. The van der Waals surface area contributed by atoms with Gasteiger partial charge in [0.15, 0.2) is 23.0 Å². The number of aromatic hydroxyl groups is 4. The third-order valence-electron chi connectivity index (χ3n) is 14.0. The van der Waals surface area contributed by atoms with Crippen LogP contribution in [-0.2, 0) is 33.3 Å². The Bertz CT molecular complexity index is 2290. The third kappa shape index (κ3) is 28.8. The molecule has 0 aromatic heterocycles. The number of allylic oxidation sites excluding steroid dienone is 2. The number of carbonyl (C=O) groups excluding carboxylic acids is 2.